The molecule has 76 valence electrons. The smallest absolute Gasteiger partial charge is 0.118 e. The molecule has 0 N–H and O–H groups in total. The van der Waals surface area contributed by atoms with Gasteiger partial charge >= 0.3 is 0 Å². The summed E-state index contributed by atoms with van der Waals surface area (Å²) in [4.78, 5) is 4.68. The summed E-state index contributed by atoms with van der Waals surface area (Å²) in [6.07, 6.45) is 0. The van der Waals surface area contributed by atoms with Gasteiger partial charge in [0.2, 0.25) is 0 Å². The Morgan fingerprint density at radius 3 is 2.36 bits per heavy atom. The van der Waals surface area contributed by atoms with Crippen LogP contribution in [0.25, 0.3) is 0 Å². The average molecular weight is 214 g/mol. The predicted octanol–water partition coefficient (Wildman–Crippen LogP) is 2.28. The van der Waals surface area contributed by atoms with Crippen molar-refractivity contribution >= 4 is 17.3 Å². The Hall–Kier alpha value is -1.22. The maximum atomic E-state index is 5.71. The van der Waals surface area contributed by atoms with Crippen LogP contribution in [-0.4, -0.2) is 25.8 Å². The molecule has 0 aliphatic heterocycles. The van der Waals surface area contributed by atoms with E-state index in [1.807, 2.05) is 24.3 Å². The van der Waals surface area contributed by atoms with E-state index in [1.54, 1.807) is 7.11 Å². The average Bonchev–Trinajstić information content (AvgIpc) is 2.26. The first-order valence-electron chi connectivity index (χ1n) is 4.12. The molecule has 0 fully saturated rings. The number of ether oxygens (including phenoxy) is 1. The maximum absolute atomic E-state index is 5.71. The molecule has 1 aromatic rings. The normalized spacial score (nSPS) is 11.2. The molecule has 0 saturated carbocycles. The van der Waals surface area contributed by atoms with E-state index in [0.717, 1.165) is 11.3 Å². The standard InChI is InChI=1S/C10H12ClNO2/c1-13-9-5-3-8(4-6-9)10(7-11)12-14-2/h3-6H,7H2,1-2H3/b12-10-. The Kier molecular flexibility index (Phi) is 4.26. The van der Waals surface area contributed by atoms with Gasteiger partial charge in [0, 0.05) is 5.56 Å². The highest BCUT2D eigenvalue weighted by molar-refractivity contribution is 6.31. The van der Waals surface area contributed by atoms with Crippen LogP contribution in [-0.2, 0) is 4.84 Å². The number of methoxy groups -OCH3 is 1. The van der Waals surface area contributed by atoms with Gasteiger partial charge in [-0.05, 0) is 24.3 Å². The van der Waals surface area contributed by atoms with Crippen molar-refractivity contribution in [2.75, 3.05) is 20.1 Å². The zero-order valence-corrected chi connectivity index (χ0v) is 8.91. The van der Waals surface area contributed by atoms with Gasteiger partial charge in [-0.3, -0.25) is 0 Å². The molecule has 0 unspecified atom stereocenters. The molecule has 1 rings (SSSR count). The van der Waals surface area contributed by atoms with Gasteiger partial charge in [-0.15, -0.1) is 11.6 Å². The number of rotatable bonds is 4. The molecule has 0 aliphatic carbocycles. The fraction of sp³-hybridized carbons (Fsp3) is 0.300. The molecule has 1 aromatic carbocycles. The van der Waals surface area contributed by atoms with Crippen molar-refractivity contribution < 1.29 is 9.57 Å². The van der Waals surface area contributed by atoms with E-state index >= 15 is 0 Å². The van der Waals surface area contributed by atoms with Gasteiger partial charge in [0.1, 0.15) is 18.6 Å². The molecule has 0 bridgehead atoms. The Labute approximate surface area is 88.3 Å². The summed E-state index contributed by atoms with van der Waals surface area (Å²) >= 11 is 5.71. The van der Waals surface area contributed by atoms with Crippen LogP contribution in [0.5, 0.6) is 5.75 Å². The summed E-state index contributed by atoms with van der Waals surface area (Å²) in [5.41, 5.74) is 1.64. The first kappa shape index (κ1) is 10.9. The first-order chi connectivity index (χ1) is 6.81. The summed E-state index contributed by atoms with van der Waals surface area (Å²) in [5, 5.41) is 3.81. The summed E-state index contributed by atoms with van der Waals surface area (Å²) in [7, 11) is 3.12. The van der Waals surface area contributed by atoms with E-state index in [1.165, 1.54) is 7.11 Å². The molecule has 3 nitrogen and oxygen atoms in total. The number of nitrogens with zero attached hydrogens (tertiary/aromatic N) is 1. The van der Waals surface area contributed by atoms with Crippen LogP contribution in [0.3, 0.4) is 0 Å². The number of alkyl halides is 1. The molecular formula is C10H12ClNO2. The zero-order chi connectivity index (χ0) is 10.4. The fourth-order valence-corrected chi connectivity index (χ4v) is 1.25. The quantitative estimate of drug-likeness (QED) is 0.437. The van der Waals surface area contributed by atoms with Gasteiger partial charge < -0.3 is 9.57 Å². The van der Waals surface area contributed by atoms with Crippen LogP contribution in [0.15, 0.2) is 29.4 Å². The van der Waals surface area contributed by atoms with Gasteiger partial charge in [-0.2, -0.15) is 0 Å². The minimum absolute atomic E-state index is 0.320. The van der Waals surface area contributed by atoms with Gasteiger partial charge in [0.05, 0.1) is 13.0 Å². The second kappa shape index (κ2) is 5.50. The Bertz CT molecular complexity index is 308. The lowest BCUT2D eigenvalue weighted by Crippen LogP contribution is -2.02. The Balaban J connectivity index is 2.89. The summed E-state index contributed by atoms with van der Waals surface area (Å²) in [5.74, 6) is 1.13. The van der Waals surface area contributed by atoms with E-state index in [9.17, 15) is 0 Å². The summed E-state index contributed by atoms with van der Waals surface area (Å²) in [6.45, 7) is 0. The van der Waals surface area contributed by atoms with Crippen LogP contribution in [0.2, 0.25) is 0 Å². The molecule has 4 heteroatoms. The molecule has 0 atom stereocenters. The third-order valence-electron chi connectivity index (χ3n) is 1.75. The lowest BCUT2D eigenvalue weighted by atomic mass is 10.1. The minimum atomic E-state index is 0.320. The van der Waals surface area contributed by atoms with E-state index in [-0.39, 0.29) is 0 Å². The van der Waals surface area contributed by atoms with Gasteiger partial charge in [0.15, 0.2) is 0 Å². The van der Waals surface area contributed by atoms with E-state index in [4.69, 9.17) is 16.3 Å². The van der Waals surface area contributed by atoms with Crippen LogP contribution in [0, 0.1) is 0 Å². The molecule has 0 amide bonds. The fourth-order valence-electron chi connectivity index (χ4n) is 1.05. The molecular weight excluding hydrogens is 202 g/mol. The lowest BCUT2D eigenvalue weighted by molar-refractivity contribution is 0.213. The SMILES string of the molecule is CO/N=C(/CCl)c1ccc(OC)cc1. The highest BCUT2D eigenvalue weighted by Crippen LogP contribution is 2.12. The second-order valence-electron chi connectivity index (χ2n) is 2.58. The van der Waals surface area contributed by atoms with Crippen molar-refractivity contribution in [3.8, 4) is 5.75 Å². The zero-order valence-electron chi connectivity index (χ0n) is 8.16. The number of benzene rings is 1. The number of hydrogen-bond acceptors (Lipinski definition) is 3. The van der Waals surface area contributed by atoms with Gasteiger partial charge in [-0.25, -0.2) is 0 Å². The Morgan fingerprint density at radius 1 is 1.29 bits per heavy atom. The third kappa shape index (κ3) is 2.64. The van der Waals surface area contributed by atoms with Crippen LogP contribution < -0.4 is 4.74 Å². The van der Waals surface area contributed by atoms with Gasteiger partial charge in [0.25, 0.3) is 0 Å². The maximum Gasteiger partial charge on any atom is 0.118 e. The topological polar surface area (TPSA) is 30.8 Å². The van der Waals surface area contributed by atoms with Crippen molar-refractivity contribution in [1.29, 1.82) is 0 Å². The van der Waals surface area contributed by atoms with Crippen molar-refractivity contribution in [2.45, 2.75) is 0 Å². The van der Waals surface area contributed by atoms with E-state index < -0.39 is 0 Å². The first-order valence-corrected chi connectivity index (χ1v) is 4.65. The molecule has 0 saturated heterocycles. The predicted molar refractivity (Wildman–Crippen MR) is 57.3 cm³/mol. The largest absolute Gasteiger partial charge is 0.497 e. The van der Waals surface area contributed by atoms with Crippen molar-refractivity contribution in [3.05, 3.63) is 29.8 Å². The molecule has 0 spiro atoms. The third-order valence-corrected chi connectivity index (χ3v) is 2.00. The van der Waals surface area contributed by atoms with Gasteiger partial charge in [-0.1, -0.05) is 5.16 Å². The van der Waals surface area contributed by atoms with E-state index in [0.29, 0.717) is 11.6 Å². The molecule has 0 radical (unpaired) electrons. The second-order valence-corrected chi connectivity index (χ2v) is 2.85. The van der Waals surface area contributed by atoms with Crippen molar-refractivity contribution in [1.82, 2.24) is 0 Å². The van der Waals surface area contributed by atoms with Crippen molar-refractivity contribution in [2.24, 2.45) is 5.16 Å². The van der Waals surface area contributed by atoms with Crippen LogP contribution >= 0.6 is 11.6 Å². The summed E-state index contributed by atoms with van der Waals surface area (Å²) in [6, 6.07) is 7.48. The molecule has 14 heavy (non-hydrogen) atoms. The highest BCUT2D eigenvalue weighted by atomic mass is 35.5. The van der Waals surface area contributed by atoms with E-state index in [2.05, 4.69) is 9.99 Å². The highest BCUT2D eigenvalue weighted by Gasteiger charge is 2.02. The minimum Gasteiger partial charge on any atom is -0.497 e. The van der Waals surface area contributed by atoms with Crippen LogP contribution in [0.1, 0.15) is 5.56 Å². The van der Waals surface area contributed by atoms with Crippen molar-refractivity contribution in [3.63, 3.8) is 0 Å². The number of oxime groups is 1. The van der Waals surface area contributed by atoms with Crippen LogP contribution in [0.4, 0.5) is 0 Å². The Morgan fingerprint density at radius 2 is 1.93 bits per heavy atom. The lowest BCUT2D eigenvalue weighted by Gasteiger charge is -2.03. The monoisotopic (exact) mass is 213 g/mol. The molecule has 0 aliphatic rings. The number of hydrogen-bond donors (Lipinski definition) is 0. The molecule has 0 aromatic heterocycles. The summed E-state index contributed by atoms with van der Waals surface area (Å²) < 4.78 is 5.04. The molecule has 0 heterocycles. The number of halogens is 1.